The Hall–Kier alpha value is -3.09. The van der Waals surface area contributed by atoms with Gasteiger partial charge in [0, 0.05) is 11.5 Å². The predicted octanol–water partition coefficient (Wildman–Crippen LogP) is 2.39. The molecule has 2 aromatic heterocycles. The van der Waals surface area contributed by atoms with Crippen molar-refractivity contribution in [3.8, 4) is 0 Å². The van der Waals surface area contributed by atoms with Gasteiger partial charge in [0.25, 0.3) is 5.91 Å². The summed E-state index contributed by atoms with van der Waals surface area (Å²) in [5.74, 6) is 0.442. The number of hydrogen-bond acceptors (Lipinski definition) is 5. The summed E-state index contributed by atoms with van der Waals surface area (Å²) in [4.78, 5) is 26.1. The third-order valence-electron chi connectivity index (χ3n) is 4.00. The molecular weight excluding hydrogens is 298 g/mol. The van der Waals surface area contributed by atoms with Crippen LogP contribution in [0.2, 0.25) is 0 Å². The molecule has 23 heavy (non-hydrogen) atoms. The fraction of sp³-hybridized carbons (Fsp3) is 0.188. The van der Waals surface area contributed by atoms with Crippen molar-refractivity contribution in [3.63, 3.8) is 0 Å². The van der Waals surface area contributed by atoms with Crippen LogP contribution < -0.4 is 5.32 Å². The molecule has 7 nitrogen and oxygen atoms in total. The van der Waals surface area contributed by atoms with Crippen LogP contribution in [0, 0.1) is 0 Å². The number of carbonyl (C=O) groups excluding carboxylic acids is 2. The van der Waals surface area contributed by atoms with E-state index in [4.69, 9.17) is 8.94 Å². The Morgan fingerprint density at radius 2 is 2.09 bits per heavy atom. The maximum Gasteiger partial charge on any atom is 0.325 e. The van der Waals surface area contributed by atoms with Gasteiger partial charge in [-0.15, -0.1) is 0 Å². The van der Waals surface area contributed by atoms with Crippen molar-refractivity contribution in [1.82, 2.24) is 15.4 Å². The second-order valence-electron chi connectivity index (χ2n) is 5.57. The summed E-state index contributed by atoms with van der Waals surface area (Å²) < 4.78 is 10.7. The normalized spacial score (nSPS) is 21.2. The Bertz CT molecular complexity index is 866. The van der Waals surface area contributed by atoms with E-state index in [2.05, 4.69) is 10.5 Å². The van der Waals surface area contributed by atoms with Crippen molar-refractivity contribution in [3.05, 3.63) is 54.1 Å². The van der Waals surface area contributed by atoms with Crippen LogP contribution in [0.4, 0.5) is 4.79 Å². The molecule has 1 aliphatic rings. The van der Waals surface area contributed by atoms with Crippen LogP contribution in [0.1, 0.15) is 18.4 Å². The average molecular weight is 311 g/mol. The molecule has 1 saturated heterocycles. The number of para-hydroxylation sites is 1. The minimum Gasteiger partial charge on any atom is -0.458 e. The van der Waals surface area contributed by atoms with Crippen molar-refractivity contribution in [1.29, 1.82) is 0 Å². The fourth-order valence-corrected chi connectivity index (χ4v) is 2.72. The second-order valence-corrected chi connectivity index (χ2v) is 5.57. The van der Waals surface area contributed by atoms with Gasteiger partial charge in [-0.2, -0.15) is 0 Å². The van der Waals surface area contributed by atoms with Gasteiger partial charge in [0.2, 0.25) is 0 Å². The van der Waals surface area contributed by atoms with Gasteiger partial charge in [-0.1, -0.05) is 23.4 Å². The van der Waals surface area contributed by atoms with Crippen molar-refractivity contribution in [2.45, 2.75) is 19.0 Å². The molecule has 1 atom stereocenters. The standard InChI is InChI=1S/C16H13N3O4/c1-16(13-8-10-4-2-3-5-12(10)22-13)14(20)19(15(21)18-16)9-11-6-7-17-23-11/h2-8H,9H2,1H3,(H,18,21)/t16-/m0/s1. The quantitative estimate of drug-likeness (QED) is 0.750. The van der Waals surface area contributed by atoms with Crippen LogP contribution in [0.3, 0.4) is 0 Å². The molecule has 0 spiro atoms. The van der Waals surface area contributed by atoms with Gasteiger partial charge >= 0.3 is 6.03 Å². The zero-order chi connectivity index (χ0) is 16.0. The van der Waals surface area contributed by atoms with E-state index >= 15 is 0 Å². The number of nitrogens with one attached hydrogen (secondary N) is 1. The molecule has 0 aliphatic carbocycles. The minimum absolute atomic E-state index is 0.0283. The lowest BCUT2D eigenvalue weighted by molar-refractivity contribution is -0.132. The highest BCUT2D eigenvalue weighted by molar-refractivity contribution is 6.07. The SMILES string of the molecule is C[C@@]1(c2cc3ccccc3o2)NC(=O)N(Cc2ccno2)C1=O. The topological polar surface area (TPSA) is 88.6 Å². The number of urea groups is 1. The van der Waals surface area contributed by atoms with Crippen molar-refractivity contribution in [2.24, 2.45) is 0 Å². The second kappa shape index (κ2) is 4.70. The highest BCUT2D eigenvalue weighted by atomic mass is 16.5. The zero-order valence-corrected chi connectivity index (χ0v) is 12.3. The van der Waals surface area contributed by atoms with Crippen molar-refractivity contribution < 1.29 is 18.5 Å². The molecule has 0 bridgehead atoms. The maximum absolute atomic E-state index is 12.8. The Labute approximate surface area is 130 Å². The summed E-state index contributed by atoms with van der Waals surface area (Å²) in [5, 5.41) is 7.15. The number of aromatic nitrogens is 1. The first kappa shape index (κ1) is 13.6. The van der Waals surface area contributed by atoms with Gasteiger partial charge in [-0.05, 0) is 19.1 Å². The number of furan rings is 1. The molecule has 116 valence electrons. The minimum atomic E-state index is -1.24. The number of rotatable bonds is 3. The number of fused-ring (bicyclic) bond motifs is 1. The van der Waals surface area contributed by atoms with E-state index in [1.54, 1.807) is 19.1 Å². The van der Waals surface area contributed by atoms with Crippen LogP contribution >= 0.6 is 0 Å². The Balaban J connectivity index is 1.70. The van der Waals surface area contributed by atoms with E-state index in [0.29, 0.717) is 17.1 Å². The molecular formula is C16H13N3O4. The number of benzene rings is 1. The highest BCUT2D eigenvalue weighted by Crippen LogP contribution is 2.33. The summed E-state index contributed by atoms with van der Waals surface area (Å²) >= 11 is 0. The molecule has 1 aromatic carbocycles. The Kier molecular flexibility index (Phi) is 2.77. The van der Waals surface area contributed by atoms with Crippen LogP contribution in [-0.2, 0) is 16.9 Å². The predicted molar refractivity (Wildman–Crippen MR) is 79.2 cm³/mol. The summed E-state index contributed by atoms with van der Waals surface area (Å²) in [5.41, 5.74) is -0.574. The van der Waals surface area contributed by atoms with E-state index in [1.807, 2.05) is 24.3 Å². The molecule has 0 unspecified atom stereocenters. The first-order valence-electron chi connectivity index (χ1n) is 7.11. The van der Waals surface area contributed by atoms with E-state index in [-0.39, 0.29) is 6.54 Å². The molecule has 3 aromatic rings. The maximum atomic E-state index is 12.8. The summed E-state index contributed by atoms with van der Waals surface area (Å²) in [6.07, 6.45) is 1.46. The highest BCUT2D eigenvalue weighted by Gasteiger charge is 2.51. The molecule has 7 heteroatoms. The smallest absolute Gasteiger partial charge is 0.325 e. The van der Waals surface area contributed by atoms with Crippen LogP contribution in [0.25, 0.3) is 11.0 Å². The molecule has 3 heterocycles. The monoisotopic (exact) mass is 311 g/mol. The van der Waals surface area contributed by atoms with Gasteiger partial charge < -0.3 is 14.3 Å². The largest absolute Gasteiger partial charge is 0.458 e. The van der Waals surface area contributed by atoms with Crippen molar-refractivity contribution >= 4 is 22.9 Å². The lowest BCUT2D eigenvalue weighted by Crippen LogP contribution is -2.40. The molecule has 4 rings (SSSR count). The van der Waals surface area contributed by atoms with E-state index in [9.17, 15) is 9.59 Å². The molecule has 1 aliphatic heterocycles. The Morgan fingerprint density at radius 3 is 2.83 bits per heavy atom. The first-order valence-corrected chi connectivity index (χ1v) is 7.11. The van der Waals surface area contributed by atoms with Gasteiger partial charge in [0.15, 0.2) is 11.3 Å². The number of imide groups is 1. The number of hydrogen-bond donors (Lipinski definition) is 1. The third kappa shape index (κ3) is 2.01. The third-order valence-corrected chi connectivity index (χ3v) is 4.00. The summed E-state index contributed by atoms with van der Waals surface area (Å²) in [6.45, 7) is 1.66. The van der Waals surface area contributed by atoms with Gasteiger partial charge in [0.05, 0.1) is 12.7 Å². The van der Waals surface area contributed by atoms with E-state index < -0.39 is 17.5 Å². The molecule has 0 saturated carbocycles. The Morgan fingerprint density at radius 1 is 1.26 bits per heavy atom. The molecule has 0 radical (unpaired) electrons. The first-order chi connectivity index (χ1) is 11.1. The molecule has 1 N–H and O–H groups in total. The van der Waals surface area contributed by atoms with Crippen LogP contribution in [0.5, 0.6) is 0 Å². The number of nitrogens with zero attached hydrogens (tertiary/aromatic N) is 2. The van der Waals surface area contributed by atoms with Gasteiger partial charge in [-0.25, -0.2) is 4.79 Å². The fourth-order valence-electron chi connectivity index (χ4n) is 2.72. The summed E-state index contributed by atoms with van der Waals surface area (Å²) in [6, 6.07) is 10.3. The number of amides is 3. The average Bonchev–Trinajstić information content (AvgIpc) is 3.24. The van der Waals surface area contributed by atoms with Crippen LogP contribution in [0.15, 0.2) is 51.5 Å². The van der Waals surface area contributed by atoms with Gasteiger partial charge in [0.1, 0.15) is 11.3 Å². The lowest BCUT2D eigenvalue weighted by Gasteiger charge is -2.18. The van der Waals surface area contributed by atoms with Crippen LogP contribution in [-0.4, -0.2) is 22.0 Å². The van der Waals surface area contributed by atoms with Crippen molar-refractivity contribution in [2.75, 3.05) is 0 Å². The number of carbonyl (C=O) groups is 2. The van der Waals surface area contributed by atoms with Gasteiger partial charge in [-0.3, -0.25) is 9.69 Å². The zero-order valence-electron chi connectivity index (χ0n) is 12.3. The summed E-state index contributed by atoms with van der Waals surface area (Å²) in [7, 11) is 0. The molecule has 3 amide bonds. The lowest BCUT2D eigenvalue weighted by atomic mass is 9.99. The molecule has 1 fully saturated rings. The van der Waals surface area contributed by atoms with E-state index in [0.717, 1.165) is 10.3 Å². The van der Waals surface area contributed by atoms with E-state index in [1.165, 1.54) is 6.20 Å².